The molecule has 0 aromatic heterocycles. The summed E-state index contributed by atoms with van der Waals surface area (Å²) < 4.78 is 0. The largest absolute Gasteiger partial charge is 0.480 e. The molecule has 1 aliphatic carbocycles. The lowest BCUT2D eigenvalue weighted by molar-refractivity contribution is -0.138. The van der Waals surface area contributed by atoms with Crippen LogP contribution in [0.5, 0.6) is 0 Å². The van der Waals surface area contributed by atoms with Crippen LogP contribution in [0.15, 0.2) is 0 Å². The Labute approximate surface area is 102 Å². The standard InChI is InChI=1S/C12H22N2O3/c1-8-5-9(6-8)13-11(17)14(7-10(15)16)12(2,3)4/h8-9H,5-7H2,1-4H3,(H,13,17)(H,15,16). The van der Waals surface area contributed by atoms with E-state index in [-0.39, 0.29) is 18.6 Å². The Bertz CT molecular complexity index is 303. The highest BCUT2D eigenvalue weighted by atomic mass is 16.4. The van der Waals surface area contributed by atoms with Crippen LogP contribution in [-0.2, 0) is 4.79 Å². The lowest BCUT2D eigenvalue weighted by Crippen LogP contribution is -2.56. The number of rotatable bonds is 3. The number of nitrogens with zero attached hydrogens (tertiary/aromatic N) is 1. The average molecular weight is 242 g/mol. The van der Waals surface area contributed by atoms with Crippen molar-refractivity contribution in [1.29, 1.82) is 0 Å². The van der Waals surface area contributed by atoms with Crippen molar-refractivity contribution >= 4 is 12.0 Å². The molecular formula is C12H22N2O3. The summed E-state index contributed by atoms with van der Waals surface area (Å²) in [5.74, 6) is -0.333. The lowest BCUT2D eigenvalue weighted by Gasteiger charge is -2.39. The van der Waals surface area contributed by atoms with Crippen LogP contribution in [0.1, 0.15) is 40.5 Å². The Morgan fingerprint density at radius 3 is 2.24 bits per heavy atom. The van der Waals surface area contributed by atoms with Crippen molar-refractivity contribution < 1.29 is 14.7 Å². The summed E-state index contributed by atoms with van der Waals surface area (Å²) in [6.45, 7) is 7.37. The summed E-state index contributed by atoms with van der Waals surface area (Å²) in [4.78, 5) is 24.1. The fraction of sp³-hybridized carbons (Fsp3) is 0.833. The van der Waals surface area contributed by atoms with E-state index in [4.69, 9.17) is 5.11 Å². The van der Waals surface area contributed by atoms with Gasteiger partial charge < -0.3 is 15.3 Å². The molecule has 98 valence electrons. The molecule has 0 saturated heterocycles. The van der Waals surface area contributed by atoms with Crippen molar-refractivity contribution in [3.05, 3.63) is 0 Å². The zero-order valence-corrected chi connectivity index (χ0v) is 11.0. The third kappa shape index (κ3) is 3.91. The number of aliphatic carboxylic acids is 1. The van der Waals surface area contributed by atoms with Crippen LogP contribution in [0.25, 0.3) is 0 Å². The van der Waals surface area contributed by atoms with Crippen LogP contribution in [0.4, 0.5) is 4.79 Å². The van der Waals surface area contributed by atoms with Crippen LogP contribution < -0.4 is 5.32 Å². The summed E-state index contributed by atoms with van der Waals surface area (Å²) in [7, 11) is 0. The van der Waals surface area contributed by atoms with Crippen LogP contribution in [0.3, 0.4) is 0 Å². The SMILES string of the molecule is CC1CC(NC(=O)N(CC(=O)O)C(C)(C)C)C1. The van der Waals surface area contributed by atoms with Gasteiger partial charge in [0.1, 0.15) is 6.54 Å². The maximum Gasteiger partial charge on any atom is 0.323 e. The first-order valence-corrected chi connectivity index (χ1v) is 6.00. The molecular weight excluding hydrogens is 220 g/mol. The quantitative estimate of drug-likeness (QED) is 0.791. The second-order valence-electron chi connectivity index (χ2n) is 5.87. The van der Waals surface area contributed by atoms with Gasteiger partial charge in [0.2, 0.25) is 0 Å². The Balaban J connectivity index is 2.57. The van der Waals surface area contributed by atoms with Crippen molar-refractivity contribution in [2.75, 3.05) is 6.54 Å². The number of nitrogens with one attached hydrogen (secondary N) is 1. The molecule has 1 saturated carbocycles. The van der Waals surface area contributed by atoms with Gasteiger partial charge >= 0.3 is 12.0 Å². The molecule has 2 N–H and O–H groups in total. The van der Waals surface area contributed by atoms with E-state index in [9.17, 15) is 9.59 Å². The number of carboxylic acids is 1. The monoisotopic (exact) mass is 242 g/mol. The van der Waals surface area contributed by atoms with Gasteiger partial charge in [0.25, 0.3) is 0 Å². The molecule has 1 fully saturated rings. The number of carbonyl (C=O) groups is 2. The van der Waals surface area contributed by atoms with Crippen LogP contribution in [-0.4, -0.2) is 40.1 Å². The maximum atomic E-state index is 12.0. The number of carboxylic acid groups (broad SMARTS) is 1. The highest BCUT2D eigenvalue weighted by Crippen LogP contribution is 2.26. The van der Waals surface area contributed by atoms with Crippen molar-refractivity contribution in [2.45, 2.75) is 52.1 Å². The van der Waals surface area contributed by atoms with Gasteiger partial charge in [0, 0.05) is 11.6 Å². The molecule has 0 aromatic carbocycles. The van der Waals surface area contributed by atoms with Gasteiger partial charge in [-0.15, -0.1) is 0 Å². The lowest BCUT2D eigenvalue weighted by atomic mass is 9.82. The smallest absolute Gasteiger partial charge is 0.323 e. The Morgan fingerprint density at radius 1 is 1.35 bits per heavy atom. The topological polar surface area (TPSA) is 69.6 Å². The first-order valence-electron chi connectivity index (χ1n) is 6.00. The van der Waals surface area contributed by atoms with E-state index in [1.807, 2.05) is 20.8 Å². The van der Waals surface area contributed by atoms with E-state index in [1.165, 1.54) is 4.90 Å². The zero-order valence-electron chi connectivity index (χ0n) is 11.0. The molecule has 0 radical (unpaired) electrons. The number of amides is 2. The molecule has 1 rings (SSSR count). The van der Waals surface area contributed by atoms with E-state index >= 15 is 0 Å². The third-order valence-corrected chi connectivity index (χ3v) is 3.05. The summed E-state index contributed by atoms with van der Waals surface area (Å²) >= 11 is 0. The maximum absolute atomic E-state index is 12.0. The average Bonchev–Trinajstić information content (AvgIpc) is 2.09. The normalized spacial score (nSPS) is 23.8. The predicted octanol–water partition coefficient (Wildman–Crippen LogP) is 1.68. The van der Waals surface area contributed by atoms with Gasteiger partial charge in [0.05, 0.1) is 0 Å². The van der Waals surface area contributed by atoms with Crippen LogP contribution >= 0.6 is 0 Å². The van der Waals surface area contributed by atoms with Gasteiger partial charge in [-0.05, 0) is 39.5 Å². The first-order chi connectivity index (χ1) is 7.70. The third-order valence-electron chi connectivity index (χ3n) is 3.05. The fourth-order valence-corrected chi connectivity index (χ4v) is 2.02. The molecule has 0 spiro atoms. The molecule has 0 bridgehead atoms. The van der Waals surface area contributed by atoms with Gasteiger partial charge in [-0.2, -0.15) is 0 Å². The summed E-state index contributed by atoms with van der Waals surface area (Å²) in [6, 6.07) is -0.0760. The van der Waals surface area contributed by atoms with E-state index in [1.54, 1.807) is 0 Å². The van der Waals surface area contributed by atoms with Crippen LogP contribution in [0.2, 0.25) is 0 Å². The first kappa shape index (κ1) is 13.8. The molecule has 17 heavy (non-hydrogen) atoms. The Hall–Kier alpha value is -1.26. The van der Waals surface area contributed by atoms with Crippen molar-refractivity contribution in [1.82, 2.24) is 10.2 Å². The molecule has 1 aliphatic rings. The number of urea groups is 1. The highest BCUT2D eigenvalue weighted by Gasteiger charge is 2.32. The second-order valence-corrected chi connectivity index (χ2v) is 5.87. The zero-order chi connectivity index (χ0) is 13.2. The molecule has 2 amide bonds. The Kier molecular flexibility index (Phi) is 4.01. The highest BCUT2D eigenvalue weighted by molar-refractivity contribution is 5.81. The van der Waals surface area contributed by atoms with Crippen molar-refractivity contribution in [3.8, 4) is 0 Å². The molecule has 5 heteroatoms. The predicted molar refractivity (Wildman–Crippen MR) is 64.8 cm³/mol. The van der Waals surface area contributed by atoms with Gasteiger partial charge in [-0.25, -0.2) is 4.79 Å². The van der Waals surface area contributed by atoms with Crippen LogP contribution in [0, 0.1) is 5.92 Å². The molecule has 0 aromatic rings. The number of hydrogen-bond acceptors (Lipinski definition) is 2. The number of carbonyl (C=O) groups excluding carboxylic acids is 1. The minimum atomic E-state index is -0.989. The summed E-state index contributed by atoms with van der Waals surface area (Å²) in [5.41, 5.74) is -0.488. The van der Waals surface area contributed by atoms with Gasteiger partial charge in [0.15, 0.2) is 0 Å². The second kappa shape index (κ2) is 4.94. The molecule has 0 unspecified atom stereocenters. The van der Waals surface area contributed by atoms with Crippen molar-refractivity contribution in [3.63, 3.8) is 0 Å². The van der Waals surface area contributed by atoms with Gasteiger partial charge in [-0.1, -0.05) is 6.92 Å². The molecule has 5 nitrogen and oxygen atoms in total. The molecule has 0 aliphatic heterocycles. The fourth-order valence-electron chi connectivity index (χ4n) is 2.02. The van der Waals surface area contributed by atoms with E-state index in [0.717, 1.165) is 12.8 Å². The van der Waals surface area contributed by atoms with E-state index in [0.29, 0.717) is 5.92 Å². The molecule has 0 atom stereocenters. The van der Waals surface area contributed by atoms with Gasteiger partial charge in [-0.3, -0.25) is 4.79 Å². The van der Waals surface area contributed by atoms with Crippen molar-refractivity contribution in [2.24, 2.45) is 5.92 Å². The number of hydrogen-bond donors (Lipinski definition) is 2. The minimum absolute atomic E-state index is 0.205. The summed E-state index contributed by atoms with van der Waals surface area (Å²) in [5, 5.41) is 11.7. The summed E-state index contributed by atoms with van der Waals surface area (Å²) in [6.07, 6.45) is 1.97. The Morgan fingerprint density at radius 2 is 1.88 bits per heavy atom. The van der Waals surface area contributed by atoms with E-state index < -0.39 is 11.5 Å². The van der Waals surface area contributed by atoms with E-state index in [2.05, 4.69) is 12.2 Å². The minimum Gasteiger partial charge on any atom is -0.480 e. The molecule has 0 heterocycles.